The van der Waals surface area contributed by atoms with Crippen molar-refractivity contribution in [1.82, 2.24) is 0 Å². The Morgan fingerprint density at radius 3 is 1.32 bits per heavy atom. The van der Waals surface area contributed by atoms with Gasteiger partial charge in [0.25, 0.3) is 0 Å². The van der Waals surface area contributed by atoms with Crippen molar-refractivity contribution in [1.29, 1.82) is 0 Å². The minimum Gasteiger partial charge on any atom is -0.496 e. The van der Waals surface area contributed by atoms with Gasteiger partial charge >= 0.3 is 24.4 Å². The number of ether oxygens (including phenoxy) is 2. The molecular formula is C34H26F8N4O4. The van der Waals surface area contributed by atoms with Crippen LogP contribution in [0.25, 0.3) is 11.1 Å². The van der Waals surface area contributed by atoms with Crippen LogP contribution < -0.4 is 29.9 Å². The van der Waals surface area contributed by atoms with Crippen LogP contribution in [0.4, 0.5) is 67.5 Å². The molecule has 2 N–H and O–H groups in total. The second kappa shape index (κ2) is 12.7. The smallest absolute Gasteiger partial charge is 0.420 e. The molecule has 262 valence electrons. The molecule has 2 heterocycles. The highest BCUT2D eigenvalue weighted by molar-refractivity contribution is 6.04. The predicted octanol–water partition coefficient (Wildman–Crippen LogP) is 8.88. The first-order valence-corrected chi connectivity index (χ1v) is 14.9. The van der Waals surface area contributed by atoms with Gasteiger partial charge in [0, 0.05) is 35.8 Å². The summed E-state index contributed by atoms with van der Waals surface area (Å²) >= 11 is 0. The Morgan fingerprint density at radius 1 is 0.600 bits per heavy atom. The van der Waals surface area contributed by atoms with E-state index >= 15 is 0 Å². The van der Waals surface area contributed by atoms with Gasteiger partial charge in [-0.3, -0.25) is 9.80 Å². The van der Waals surface area contributed by atoms with E-state index < -0.39 is 47.2 Å². The van der Waals surface area contributed by atoms with Crippen molar-refractivity contribution < 1.29 is 54.2 Å². The van der Waals surface area contributed by atoms with Crippen molar-refractivity contribution in [3.63, 3.8) is 0 Å². The third-order valence-corrected chi connectivity index (χ3v) is 8.33. The molecule has 0 aliphatic carbocycles. The van der Waals surface area contributed by atoms with E-state index in [1.807, 2.05) is 0 Å². The van der Waals surface area contributed by atoms with Crippen LogP contribution in [0, 0.1) is 11.6 Å². The van der Waals surface area contributed by atoms with E-state index in [4.69, 9.17) is 9.47 Å². The molecule has 0 saturated heterocycles. The van der Waals surface area contributed by atoms with Crippen molar-refractivity contribution >= 4 is 34.8 Å². The fourth-order valence-electron chi connectivity index (χ4n) is 6.07. The fourth-order valence-corrected chi connectivity index (χ4v) is 6.07. The number of nitrogens with zero attached hydrogens (tertiary/aromatic N) is 2. The molecule has 0 bridgehead atoms. The van der Waals surface area contributed by atoms with Crippen LogP contribution in [0.1, 0.15) is 22.3 Å². The molecule has 0 saturated carbocycles. The lowest BCUT2D eigenvalue weighted by molar-refractivity contribution is -0.139. The van der Waals surface area contributed by atoms with Crippen molar-refractivity contribution in [3.05, 3.63) is 94.6 Å². The number of amides is 4. The lowest BCUT2D eigenvalue weighted by atomic mass is 10.0. The average molecular weight is 707 g/mol. The number of alkyl halides is 6. The van der Waals surface area contributed by atoms with E-state index in [2.05, 4.69) is 10.6 Å². The minimum absolute atomic E-state index is 0.00663. The summed E-state index contributed by atoms with van der Waals surface area (Å²) in [4.78, 5) is 28.6. The second-order valence-electron chi connectivity index (χ2n) is 11.5. The maximum Gasteiger partial charge on any atom is 0.420 e. The Morgan fingerprint density at radius 2 is 0.980 bits per heavy atom. The first-order chi connectivity index (χ1) is 23.5. The summed E-state index contributed by atoms with van der Waals surface area (Å²) in [6, 6.07) is 8.96. The van der Waals surface area contributed by atoms with Gasteiger partial charge in [-0.05, 0) is 95.8 Å². The molecular weight excluding hydrogens is 680 g/mol. The number of methoxy groups -OCH3 is 2. The largest absolute Gasteiger partial charge is 0.496 e. The number of benzene rings is 4. The zero-order valence-electron chi connectivity index (χ0n) is 26.2. The summed E-state index contributed by atoms with van der Waals surface area (Å²) in [5, 5.41) is 4.94. The lowest BCUT2D eigenvalue weighted by Crippen LogP contribution is -2.33. The second-order valence-corrected chi connectivity index (χ2v) is 11.5. The van der Waals surface area contributed by atoms with Gasteiger partial charge < -0.3 is 20.1 Å². The van der Waals surface area contributed by atoms with Crippen LogP contribution in [-0.2, 0) is 25.2 Å². The average Bonchev–Trinajstić information content (AvgIpc) is 3.66. The van der Waals surface area contributed by atoms with Crippen LogP contribution >= 0.6 is 0 Å². The summed E-state index contributed by atoms with van der Waals surface area (Å²) in [6.45, 7) is 0.0701. The highest BCUT2D eigenvalue weighted by Gasteiger charge is 2.39. The highest BCUT2D eigenvalue weighted by atomic mass is 19.4. The quantitative estimate of drug-likeness (QED) is 0.203. The third-order valence-electron chi connectivity index (χ3n) is 8.33. The number of halogens is 8. The number of anilines is 4. The molecule has 6 rings (SSSR count). The Balaban J connectivity index is 1.23. The molecule has 50 heavy (non-hydrogen) atoms. The highest BCUT2D eigenvalue weighted by Crippen LogP contribution is 2.44. The zero-order valence-corrected chi connectivity index (χ0v) is 26.2. The zero-order chi connectivity index (χ0) is 36.1. The first kappa shape index (κ1) is 34.3. The Bertz CT molecular complexity index is 1870. The van der Waals surface area contributed by atoms with Crippen LogP contribution in [0.5, 0.6) is 11.5 Å². The van der Waals surface area contributed by atoms with Gasteiger partial charge in [-0.15, -0.1) is 0 Å². The van der Waals surface area contributed by atoms with E-state index in [0.717, 1.165) is 60.4 Å². The number of urea groups is 2. The number of nitrogens with one attached hydrogen (secondary N) is 2. The van der Waals surface area contributed by atoms with E-state index in [0.29, 0.717) is 11.1 Å². The van der Waals surface area contributed by atoms with Crippen LogP contribution in [0.3, 0.4) is 0 Å². The normalized spacial score (nSPS) is 14.0. The molecule has 2 aliphatic heterocycles. The molecule has 0 unspecified atom stereocenters. The number of hydrogen-bond donors (Lipinski definition) is 2. The molecule has 16 heteroatoms. The topological polar surface area (TPSA) is 83.1 Å². The molecule has 0 atom stereocenters. The van der Waals surface area contributed by atoms with Gasteiger partial charge in [0.2, 0.25) is 0 Å². The summed E-state index contributed by atoms with van der Waals surface area (Å²) < 4.78 is 121. The van der Waals surface area contributed by atoms with Crippen molar-refractivity contribution in [2.24, 2.45) is 0 Å². The van der Waals surface area contributed by atoms with Crippen molar-refractivity contribution in [2.75, 3.05) is 47.7 Å². The molecule has 4 aromatic rings. The van der Waals surface area contributed by atoms with E-state index in [-0.39, 0.29) is 71.3 Å². The van der Waals surface area contributed by atoms with E-state index in [1.165, 1.54) is 24.3 Å². The standard InChI is InChI=1S/C34H26F8N4O4/c1-49-29-11-17-3-5-45(27(17)15-25(29)33(37,38)39)31(47)43-23-9-19(7-21(35)13-23)20-8-22(36)14-24(10-20)44-32(48)46-6-4-18-12-30(50-2)26(16-28(18)46)34(40,41)42/h7-16H,3-6H2,1-2H3,(H,43,47)(H,44,48). The van der Waals surface area contributed by atoms with Crippen LogP contribution in [0.15, 0.2) is 60.7 Å². The lowest BCUT2D eigenvalue weighted by Gasteiger charge is -2.21. The van der Waals surface area contributed by atoms with E-state index in [1.54, 1.807) is 0 Å². The number of carbonyl (C=O) groups excluding carboxylic acids is 2. The fraction of sp³-hybridized carbons (Fsp3) is 0.235. The number of fused-ring (bicyclic) bond motifs is 2. The molecule has 4 amide bonds. The monoisotopic (exact) mass is 706 g/mol. The van der Waals surface area contributed by atoms with Gasteiger partial charge in [0.05, 0.1) is 25.3 Å². The summed E-state index contributed by atoms with van der Waals surface area (Å²) in [6.07, 6.45) is -9.03. The van der Waals surface area contributed by atoms with Gasteiger partial charge in [0.15, 0.2) is 0 Å². The molecule has 0 spiro atoms. The van der Waals surface area contributed by atoms with Crippen molar-refractivity contribution in [2.45, 2.75) is 25.2 Å². The maximum absolute atomic E-state index is 14.8. The van der Waals surface area contributed by atoms with Crippen LogP contribution in [0.2, 0.25) is 0 Å². The Kier molecular flexibility index (Phi) is 8.74. The Hall–Kier alpha value is -5.54. The molecule has 0 aromatic heterocycles. The minimum atomic E-state index is -4.75. The number of carbonyl (C=O) groups is 2. The molecule has 8 nitrogen and oxygen atoms in total. The molecule has 0 fully saturated rings. The predicted molar refractivity (Wildman–Crippen MR) is 168 cm³/mol. The summed E-state index contributed by atoms with van der Waals surface area (Å²) in [5.41, 5.74) is -1.30. The number of hydrogen-bond acceptors (Lipinski definition) is 4. The van der Waals surface area contributed by atoms with Crippen LogP contribution in [-0.4, -0.2) is 39.4 Å². The van der Waals surface area contributed by atoms with Crippen molar-refractivity contribution in [3.8, 4) is 22.6 Å². The van der Waals surface area contributed by atoms with Gasteiger partial charge in [-0.2, -0.15) is 26.3 Å². The molecule has 2 aliphatic rings. The SMILES string of the molecule is COc1cc2c(cc1C(F)(F)F)N(C(=O)Nc1cc(F)cc(-c3cc(F)cc(NC(=O)N4CCc5cc(OC)c(C(F)(F)F)cc54)c3)c1)CC2. The van der Waals surface area contributed by atoms with E-state index in [9.17, 15) is 44.7 Å². The molecule has 4 aromatic carbocycles. The summed E-state index contributed by atoms with van der Waals surface area (Å²) in [7, 11) is 2.21. The number of rotatable bonds is 5. The Labute approximate surface area is 279 Å². The third kappa shape index (κ3) is 6.69. The summed E-state index contributed by atoms with van der Waals surface area (Å²) in [5.74, 6) is -2.47. The maximum atomic E-state index is 14.8. The van der Waals surface area contributed by atoms with Gasteiger partial charge in [-0.25, -0.2) is 18.4 Å². The first-order valence-electron chi connectivity index (χ1n) is 14.9. The van der Waals surface area contributed by atoms with Gasteiger partial charge in [0.1, 0.15) is 23.1 Å². The molecule has 0 radical (unpaired) electrons. The van der Waals surface area contributed by atoms with Gasteiger partial charge in [-0.1, -0.05) is 0 Å².